The third-order valence-electron chi connectivity index (χ3n) is 6.89. The monoisotopic (exact) mass is 636 g/mol. The summed E-state index contributed by atoms with van der Waals surface area (Å²) in [5, 5.41) is 21.0. The van der Waals surface area contributed by atoms with Gasteiger partial charge in [0.25, 0.3) is 5.56 Å². The lowest BCUT2D eigenvalue weighted by Crippen LogP contribution is -2.23. The number of ether oxygens (including phenoxy) is 3. The number of nitro groups is 1. The normalized spacial score (nSPS) is 11.8. The molecular weight excluding hydrogens is 608 g/mol. The van der Waals surface area contributed by atoms with E-state index in [-0.39, 0.29) is 23.6 Å². The molecule has 0 aliphatic heterocycles. The molecule has 0 aliphatic carbocycles. The topological polar surface area (TPSA) is 136 Å². The first-order valence-corrected chi connectivity index (χ1v) is 15.2. The summed E-state index contributed by atoms with van der Waals surface area (Å²) in [6.45, 7) is 4.48. The van der Waals surface area contributed by atoms with E-state index < -0.39 is 4.92 Å². The highest BCUT2D eigenvalue weighted by molar-refractivity contribution is 7.15. The average molecular weight is 637 g/mol. The SMILES string of the molecule is CCOc1ccc(/C=C/c2nc3s/c(=C\c4cn(-c5ccccc5)nc4-c4ccc(OCC)c([N+](=O)[O-])c4)c(=O)n3n2)cc1OC. The third kappa shape index (κ3) is 6.08. The molecule has 3 aromatic heterocycles. The van der Waals surface area contributed by atoms with Gasteiger partial charge in [-0.05, 0) is 68.0 Å². The van der Waals surface area contributed by atoms with Crippen molar-refractivity contribution in [1.82, 2.24) is 24.4 Å². The lowest BCUT2D eigenvalue weighted by molar-refractivity contribution is -0.385. The molecule has 3 heterocycles. The van der Waals surface area contributed by atoms with E-state index in [0.717, 1.165) is 11.3 Å². The maximum absolute atomic E-state index is 13.4. The van der Waals surface area contributed by atoms with Crippen molar-refractivity contribution in [3.8, 4) is 34.2 Å². The van der Waals surface area contributed by atoms with Crippen LogP contribution >= 0.6 is 11.3 Å². The van der Waals surface area contributed by atoms with Crippen molar-refractivity contribution in [1.29, 1.82) is 0 Å². The van der Waals surface area contributed by atoms with E-state index in [1.807, 2.05) is 61.5 Å². The summed E-state index contributed by atoms with van der Waals surface area (Å²) in [5.41, 5.74) is 2.68. The Hall–Kier alpha value is -5.82. The van der Waals surface area contributed by atoms with Crippen LogP contribution in [0.5, 0.6) is 17.2 Å². The Kier molecular flexibility index (Phi) is 8.57. The van der Waals surface area contributed by atoms with Gasteiger partial charge in [-0.25, -0.2) is 4.68 Å². The van der Waals surface area contributed by atoms with E-state index in [9.17, 15) is 14.9 Å². The quantitative estimate of drug-likeness (QED) is 0.135. The Morgan fingerprint density at radius 2 is 1.70 bits per heavy atom. The van der Waals surface area contributed by atoms with Gasteiger partial charge >= 0.3 is 5.69 Å². The standard InChI is InChI=1S/C33H28N6O6S/c1-4-44-26-15-13-22(18-25(26)39(41)42)31-23(20-37(36-31)24-9-7-6-8-10-24)19-29-32(40)38-33(46-29)34-30(35-38)16-12-21-11-14-27(45-5-2)28(17-21)43-3/h6-20H,4-5H2,1-3H3/b16-12+,29-19-. The van der Waals surface area contributed by atoms with Crippen molar-refractivity contribution in [2.24, 2.45) is 0 Å². The Balaban J connectivity index is 1.38. The largest absolute Gasteiger partial charge is 0.493 e. The van der Waals surface area contributed by atoms with Crippen LogP contribution in [0, 0.1) is 10.1 Å². The minimum atomic E-state index is -0.486. The van der Waals surface area contributed by atoms with E-state index in [2.05, 4.69) is 10.1 Å². The molecule has 232 valence electrons. The van der Waals surface area contributed by atoms with E-state index in [1.165, 1.54) is 21.9 Å². The molecule has 0 aliphatic rings. The molecule has 0 N–H and O–H groups in total. The second-order valence-corrected chi connectivity index (χ2v) is 10.9. The summed E-state index contributed by atoms with van der Waals surface area (Å²) in [6, 6.07) is 19.7. The first-order chi connectivity index (χ1) is 22.4. The number of hydrogen-bond acceptors (Lipinski definition) is 10. The highest BCUT2D eigenvalue weighted by Crippen LogP contribution is 2.34. The highest BCUT2D eigenvalue weighted by atomic mass is 32.1. The summed E-state index contributed by atoms with van der Waals surface area (Å²) < 4.78 is 19.8. The number of nitrogens with zero attached hydrogens (tertiary/aromatic N) is 6. The predicted molar refractivity (Wildman–Crippen MR) is 176 cm³/mol. The second kappa shape index (κ2) is 13.0. The Morgan fingerprint density at radius 3 is 2.41 bits per heavy atom. The van der Waals surface area contributed by atoms with Crippen molar-refractivity contribution in [2.75, 3.05) is 20.3 Å². The molecular formula is C33H28N6O6S. The van der Waals surface area contributed by atoms with Gasteiger partial charge in [0.2, 0.25) is 4.96 Å². The van der Waals surface area contributed by atoms with Gasteiger partial charge < -0.3 is 14.2 Å². The smallest absolute Gasteiger partial charge is 0.311 e. The summed E-state index contributed by atoms with van der Waals surface area (Å²) in [4.78, 5) is 29.7. The molecule has 0 amide bonds. The fraction of sp³-hybridized carbons (Fsp3) is 0.152. The number of fused-ring (bicyclic) bond motifs is 1. The van der Waals surface area contributed by atoms with Crippen molar-refractivity contribution in [3.63, 3.8) is 0 Å². The molecule has 13 heteroatoms. The van der Waals surface area contributed by atoms with Crippen LogP contribution in [0.1, 0.15) is 30.8 Å². The van der Waals surface area contributed by atoms with Crippen LogP contribution in [-0.2, 0) is 0 Å². The van der Waals surface area contributed by atoms with Gasteiger partial charge in [0.15, 0.2) is 23.1 Å². The van der Waals surface area contributed by atoms with E-state index in [4.69, 9.17) is 19.3 Å². The molecule has 6 rings (SSSR count). The van der Waals surface area contributed by atoms with Crippen LogP contribution in [0.25, 0.3) is 40.1 Å². The number of nitro benzene ring substituents is 1. The molecule has 0 bridgehead atoms. The van der Waals surface area contributed by atoms with Gasteiger partial charge in [0.05, 0.1) is 35.5 Å². The minimum absolute atomic E-state index is 0.170. The molecule has 0 saturated heterocycles. The molecule has 0 atom stereocenters. The summed E-state index contributed by atoms with van der Waals surface area (Å²) in [7, 11) is 1.58. The molecule has 6 aromatic rings. The summed E-state index contributed by atoms with van der Waals surface area (Å²) >= 11 is 1.19. The number of thiazole rings is 1. The van der Waals surface area contributed by atoms with Gasteiger partial charge in [-0.3, -0.25) is 14.9 Å². The number of benzene rings is 3. The lowest BCUT2D eigenvalue weighted by Gasteiger charge is -2.09. The molecule has 0 unspecified atom stereocenters. The highest BCUT2D eigenvalue weighted by Gasteiger charge is 2.20. The Labute approximate surface area is 266 Å². The number of para-hydroxylation sites is 1. The fourth-order valence-corrected chi connectivity index (χ4v) is 5.71. The molecule has 0 fully saturated rings. The zero-order chi connectivity index (χ0) is 32.2. The maximum atomic E-state index is 13.4. The maximum Gasteiger partial charge on any atom is 0.311 e. The summed E-state index contributed by atoms with van der Waals surface area (Å²) in [6.07, 6.45) is 7.03. The van der Waals surface area contributed by atoms with Crippen LogP contribution in [0.15, 0.2) is 77.7 Å². The summed E-state index contributed by atoms with van der Waals surface area (Å²) in [5.74, 6) is 1.81. The van der Waals surface area contributed by atoms with Gasteiger partial charge in [0, 0.05) is 23.4 Å². The van der Waals surface area contributed by atoms with Gasteiger partial charge in [0.1, 0.15) is 5.69 Å². The predicted octanol–water partition coefficient (Wildman–Crippen LogP) is 5.44. The molecule has 3 aromatic carbocycles. The van der Waals surface area contributed by atoms with E-state index in [1.54, 1.807) is 49.2 Å². The molecule has 46 heavy (non-hydrogen) atoms. The van der Waals surface area contributed by atoms with Gasteiger partial charge in [-0.1, -0.05) is 41.7 Å². The lowest BCUT2D eigenvalue weighted by atomic mass is 10.1. The minimum Gasteiger partial charge on any atom is -0.493 e. The average Bonchev–Trinajstić information content (AvgIpc) is 3.75. The number of aromatic nitrogens is 5. The Morgan fingerprint density at radius 1 is 0.935 bits per heavy atom. The van der Waals surface area contributed by atoms with Crippen molar-refractivity contribution in [3.05, 3.63) is 115 Å². The van der Waals surface area contributed by atoms with Gasteiger partial charge in [-0.15, -0.1) is 5.10 Å². The van der Waals surface area contributed by atoms with Crippen LogP contribution in [-0.4, -0.2) is 49.6 Å². The second-order valence-electron chi connectivity index (χ2n) is 9.84. The van der Waals surface area contributed by atoms with Crippen molar-refractivity contribution in [2.45, 2.75) is 13.8 Å². The van der Waals surface area contributed by atoms with Gasteiger partial charge in [-0.2, -0.15) is 14.6 Å². The van der Waals surface area contributed by atoms with E-state index >= 15 is 0 Å². The zero-order valence-electron chi connectivity index (χ0n) is 25.1. The zero-order valence-corrected chi connectivity index (χ0v) is 25.9. The van der Waals surface area contributed by atoms with Crippen molar-refractivity contribution >= 4 is 40.2 Å². The first kappa shape index (κ1) is 30.2. The van der Waals surface area contributed by atoms with Crippen LogP contribution in [0.2, 0.25) is 0 Å². The van der Waals surface area contributed by atoms with Crippen LogP contribution in [0.4, 0.5) is 5.69 Å². The van der Waals surface area contributed by atoms with Crippen molar-refractivity contribution < 1.29 is 19.1 Å². The number of hydrogen-bond donors (Lipinski definition) is 0. The number of methoxy groups -OCH3 is 1. The molecule has 12 nitrogen and oxygen atoms in total. The Bertz CT molecular complexity index is 2190. The molecule has 0 spiro atoms. The van der Waals surface area contributed by atoms with Crippen LogP contribution in [0.3, 0.4) is 0 Å². The van der Waals surface area contributed by atoms with Crippen LogP contribution < -0.4 is 24.3 Å². The number of rotatable bonds is 11. The molecule has 0 radical (unpaired) electrons. The third-order valence-corrected chi connectivity index (χ3v) is 7.85. The fourth-order valence-electron chi connectivity index (χ4n) is 4.81. The molecule has 0 saturated carbocycles. The van der Waals surface area contributed by atoms with E-state index in [0.29, 0.717) is 50.2 Å². The first-order valence-electron chi connectivity index (χ1n) is 14.4.